The van der Waals surface area contributed by atoms with Crippen molar-refractivity contribution in [2.24, 2.45) is 0 Å². The van der Waals surface area contributed by atoms with Crippen molar-refractivity contribution in [1.29, 1.82) is 0 Å². The molecule has 0 saturated carbocycles. The molecule has 0 spiro atoms. The number of rotatable bonds is 4. The normalized spacial score (nSPS) is 28.3. The summed E-state index contributed by atoms with van der Waals surface area (Å²) >= 11 is 5.73. The van der Waals surface area contributed by atoms with E-state index in [2.05, 4.69) is 5.32 Å². The molecular formula is C15H20ClFN2O2S. The number of hydrogen-bond acceptors (Lipinski definition) is 3. The zero-order chi connectivity index (χ0) is 15.9. The third-order valence-corrected chi connectivity index (χ3v) is 6.90. The van der Waals surface area contributed by atoms with Gasteiger partial charge in [-0.3, -0.25) is 0 Å². The molecule has 1 aromatic carbocycles. The first kappa shape index (κ1) is 16.2. The molecule has 2 saturated heterocycles. The molecule has 22 heavy (non-hydrogen) atoms. The number of nitrogens with one attached hydrogen (secondary N) is 1. The van der Waals surface area contributed by atoms with E-state index in [-0.39, 0.29) is 16.8 Å². The average molecular weight is 347 g/mol. The van der Waals surface area contributed by atoms with Crippen LogP contribution >= 0.6 is 11.6 Å². The van der Waals surface area contributed by atoms with Gasteiger partial charge in [-0.2, -0.15) is 0 Å². The molecule has 2 aliphatic heterocycles. The Labute approximate surface area is 135 Å². The zero-order valence-electron chi connectivity index (χ0n) is 12.4. The molecule has 1 N–H and O–H groups in total. The molecule has 1 aromatic rings. The van der Waals surface area contributed by atoms with Crippen LogP contribution in [0.4, 0.5) is 4.39 Å². The minimum atomic E-state index is -3.44. The summed E-state index contributed by atoms with van der Waals surface area (Å²) < 4.78 is 39.9. The Balaban J connectivity index is 1.73. The molecule has 2 aliphatic rings. The highest BCUT2D eigenvalue weighted by Gasteiger charge is 2.38. The van der Waals surface area contributed by atoms with Gasteiger partial charge in [0.25, 0.3) is 0 Å². The van der Waals surface area contributed by atoms with E-state index in [1.165, 1.54) is 22.5 Å². The summed E-state index contributed by atoms with van der Waals surface area (Å²) in [6, 6.07) is 4.97. The van der Waals surface area contributed by atoms with Crippen LogP contribution in [0, 0.1) is 5.82 Å². The number of hydrogen-bond donors (Lipinski definition) is 1. The van der Waals surface area contributed by atoms with Gasteiger partial charge in [0.2, 0.25) is 10.0 Å². The number of nitrogens with zero attached hydrogens (tertiary/aromatic N) is 1. The van der Waals surface area contributed by atoms with Crippen LogP contribution in [-0.4, -0.2) is 37.9 Å². The standard InChI is InChI=1S/C15H20ClFN2O2S/c1-19(13-7-11-3-4-12(8-13)18-11)22(20,21)9-10-2-5-15(17)14(16)6-10/h2,5-6,11-13,18H,3-4,7-9H2,1H3. The highest BCUT2D eigenvalue weighted by atomic mass is 35.5. The number of piperidine rings is 1. The quantitative estimate of drug-likeness (QED) is 0.911. The summed E-state index contributed by atoms with van der Waals surface area (Å²) in [6.07, 6.45) is 3.97. The van der Waals surface area contributed by atoms with E-state index in [0.29, 0.717) is 17.6 Å². The Kier molecular flexibility index (Phi) is 4.47. The topological polar surface area (TPSA) is 49.4 Å². The highest BCUT2D eigenvalue weighted by Crippen LogP contribution is 2.31. The second-order valence-corrected chi connectivity index (χ2v) is 8.72. The van der Waals surface area contributed by atoms with Crippen LogP contribution in [0.15, 0.2) is 18.2 Å². The first-order valence-corrected chi connectivity index (χ1v) is 9.49. The summed E-state index contributed by atoms with van der Waals surface area (Å²) in [5, 5.41) is 3.46. The van der Waals surface area contributed by atoms with Crippen LogP contribution in [0.1, 0.15) is 31.2 Å². The van der Waals surface area contributed by atoms with E-state index in [4.69, 9.17) is 11.6 Å². The fourth-order valence-corrected chi connectivity index (χ4v) is 5.13. The molecule has 7 heteroatoms. The molecule has 122 valence electrons. The molecule has 0 aromatic heterocycles. The third kappa shape index (κ3) is 3.30. The van der Waals surface area contributed by atoms with Crippen LogP contribution < -0.4 is 5.32 Å². The molecule has 2 unspecified atom stereocenters. The average Bonchev–Trinajstić information content (AvgIpc) is 2.80. The van der Waals surface area contributed by atoms with Gasteiger partial charge in [-0.25, -0.2) is 17.1 Å². The van der Waals surface area contributed by atoms with Crippen LogP contribution in [0.2, 0.25) is 5.02 Å². The van der Waals surface area contributed by atoms with Crippen molar-refractivity contribution in [3.8, 4) is 0 Å². The fourth-order valence-electron chi connectivity index (χ4n) is 3.49. The molecule has 0 radical (unpaired) electrons. The Morgan fingerprint density at radius 3 is 2.55 bits per heavy atom. The molecule has 4 nitrogen and oxygen atoms in total. The Morgan fingerprint density at radius 2 is 1.95 bits per heavy atom. The van der Waals surface area contributed by atoms with Crippen LogP contribution in [0.5, 0.6) is 0 Å². The molecule has 2 atom stereocenters. The number of sulfonamides is 1. The van der Waals surface area contributed by atoms with E-state index >= 15 is 0 Å². The third-order valence-electron chi connectivity index (χ3n) is 4.73. The summed E-state index contributed by atoms with van der Waals surface area (Å²) in [4.78, 5) is 0. The van der Waals surface area contributed by atoms with Gasteiger partial charge in [-0.15, -0.1) is 0 Å². The van der Waals surface area contributed by atoms with Gasteiger partial charge in [0.05, 0.1) is 10.8 Å². The molecule has 2 heterocycles. The van der Waals surface area contributed by atoms with Gasteiger partial charge in [-0.1, -0.05) is 17.7 Å². The van der Waals surface area contributed by atoms with E-state index < -0.39 is 15.8 Å². The van der Waals surface area contributed by atoms with Gasteiger partial charge in [0.15, 0.2) is 0 Å². The largest absolute Gasteiger partial charge is 0.311 e. The van der Waals surface area contributed by atoms with Gasteiger partial charge in [0.1, 0.15) is 5.82 Å². The SMILES string of the molecule is CN(C1CC2CCC(C1)N2)S(=O)(=O)Cc1ccc(F)c(Cl)c1. The summed E-state index contributed by atoms with van der Waals surface area (Å²) in [5.74, 6) is -0.686. The number of halogens is 2. The monoisotopic (exact) mass is 346 g/mol. The second-order valence-electron chi connectivity index (χ2n) is 6.28. The van der Waals surface area contributed by atoms with Crippen molar-refractivity contribution < 1.29 is 12.8 Å². The molecule has 2 fully saturated rings. The minimum Gasteiger partial charge on any atom is -0.311 e. The highest BCUT2D eigenvalue weighted by molar-refractivity contribution is 7.88. The first-order valence-electron chi connectivity index (χ1n) is 7.51. The van der Waals surface area contributed by atoms with Crippen molar-refractivity contribution in [1.82, 2.24) is 9.62 Å². The fraction of sp³-hybridized carbons (Fsp3) is 0.600. The summed E-state index contributed by atoms with van der Waals surface area (Å²) in [5.41, 5.74) is 0.509. The van der Waals surface area contributed by atoms with Crippen molar-refractivity contribution in [3.05, 3.63) is 34.6 Å². The lowest BCUT2D eigenvalue weighted by Crippen LogP contribution is -2.48. The lowest BCUT2D eigenvalue weighted by Gasteiger charge is -2.34. The molecular weight excluding hydrogens is 327 g/mol. The van der Waals surface area contributed by atoms with E-state index in [1.54, 1.807) is 7.05 Å². The number of fused-ring (bicyclic) bond motifs is 2. The first-order chi connectivity index (χ1) is 10.3. The van der Waals surface area contributed by atoms with Gasteiger partial charge < -0.3 is 5.32 Å². The van der Waals surface area contributed by atoms with Crippen molar-refractivity contribution in [2.75, 3.05) is 7.05 Å². The van der Waals surface area contributed by atoms with Gasteiger partial charge in [-0.05, 0) is 43.4 Å². The van der Waals surface area contributed by atoms with E-state index in [9.17, 15) is 12.8 Å². The molecule has 0 aliphatic carbocycles. The summed E-state index contributed by atoms with van der Waals surface area (Å²) in [6.45, 7) is 0. The van der Waals surface area contributed by atoms with Crippen molar-refractivity contribution in [3.63, 3.8) is 0 Å². The lowest BCUT2D eigenvalue weighted by molar-refractivity contribution is 0.251. The predicted molar refractivity (Wildman–Crippen MR) is 84.8 cm³/mol. The van der Waals surface area contributed by atoms with E-state index in [1.807, 2.05) is 0 Å². The Morgan fingerprint density at radius 1 is 1.32 bits per heavy atom. The minimum absolute atomic E-state index is 0.0414. The Bertz CT molecular complexity index is 656. The molecule has 3 rings (SSSR count). The molecule has 2 bridgehead atoms. The molecule has 0 amide bonds. The van der Waals surface area contributed by atoms with Gasteiger partial charge >= 0.3 is 0 Å². The van der Waals surface area contributed by atoms with Crippen LogP contribution in [0.25, 0.3) is 0 Å². The zero-order valence-corrected chi connectivity index (χ0v) is 14.0. The van der Waals surface area contributed by atoms with Crippen LogP contribution in [-0.2, 0) is 15.8 Å². The second kappa shape index (κ2) is 6.07. The van der Waals surface area contributed by atoms with Gasteiger partial charge in [0, 0.05) is 25.2 Å². The van der Waals surface area contributed by atoms with E-state index in [0.717, 1.165) is 25.7 Å². The maximum Gasteiger partial charge on any atom is 0.218 e. The summed E-state index contributed by atoms with van der Waals surface area (Å²) in [7, 11) is -1.79. The maximum atomic E-state index is 13.2. The van der Waals surface area contributed by atoms with Crippen LogP contribution in [0.3, 0.4) is 0 Å². The van der Waals surface area contributed by atoms with Crippen molar-refractivity contribution in [2.45, 2.75) is 49.6 Å². The lowest BCUT2D eigenvalue weighted by atomic mass is 10.0. The van der Waals surface area contributed by atoms with Crippen molar-refractivity contribution >= 4 is 21.6 Å². The predicted octanol–water partition coefficient (Wildman–Crippen LogP) is 2.52. The Hall–Kier alpha value is -0.690. The maximum absolute atomic E-state index is 13.2. The smallest absolute Gasteiger partial charge is 0.218 e. The number of benzene rings is 1.